The van der Waals surface area contributed by atoms with Crippen LogP contribution in [-0.4, -0.2) is 35.9 Å². The second-order valence-corrected chi connectivity index (χ2v) is 11.9. The van der Waals surface area contributed by atoms with Gasteiger partial charge >= 0.3 is 18.1 Å². The van der Waals surface area contributed by atoms with Crippen LogP contribution in [0, 0.1) is 5.82 Å². The number of halogens is 4. The summed E-state index contributed by atoms with van der Waals surface area (Å²) in [6, 6.07) is 15.4. The Morgan fingerprint density at radius 3 is 1.77 bits per heavy atom. The number of carboxylic acid groups (broad SMARTS) is 1. The third-order valence-corrected chi connectivity index (χ3v) is 8.15. The van der Waals surface area contributed by atoms with E-state index in [4.69, 9.17) is 9.47 Å². The molecule has 0 saturated heterocycles. The van der Waals surface area contributed by atoms with Gasteiger partial charge in [-0.25, -0.2) is 14.0 Å². The van der Waals surface area contributed by atoms with Crippen LogP contribution in [0.4, 0.5) is 17.6 Å². The zero-order valence-electron chi connectivity index (χ0n) is 27.3. The molecule has 47 heavy (non-hydrogen) atoms. The number of hydrogen-bond acceptors (Lipinski definition) is 4. The van der Waals surface area contributed by atoms with Crippen molar-refractivity contribution < 1.29 is 41.7 Å². The molecule has 3 aromatic rings. The van der Waals surface area contributed by atoms with Crippen molar-refractivity contribution in [3.63, 3.8) is 0 Å². The van der Waals surface area contributed by atoms with Crippen LogP contribution in [0.25, 0.3) is 22.3 Å². The Morgan fingerprint density at radius 1 is 0.702 bits per heavy atom. The highest BCUT2D eigenvalue weighted by Gasteiger charge is 2.42. The molecule has 0 radical (unpaired) electrons. The molecular weight excluding hydrogens is 612 g/mol. The Kier molecular flexibility index (Phi) is 15.2. The maximum atomic E-state index is 15.5. The van der Waals surface area contributed by atoms with Crippen molar-refractivity contribution >= 4 is 11.9 Å². The third kappa shape index (κ3) is 11.7. The van der Waals surface area contributed by atoms with Gasteiger partial charge in [-0.1, -0.05) is 114 Å². The third-order valence-electron chi connectivity index (χ3n) is 8.15. The number of unbranched alkanes of at least 4 members (excludes halogenated alkanes) is 10. The lowest BCUT2D eigenvalue weighted by Crippen LogP contribution is -2.33. The molecule has 0 fully saturated rings. The number of carbonyl (C=O) groups is 2. The smallest absolute Gasteiger partial charge is 0.425 e. The van der Waals surface area contributed by atoms with Crippen molar-refractivity contribution in [3.05, 3.63) is 77.6 Å². The van der Waals surface area contributed by atoms with Gasteiger partial charge in [-0.3, -0.25) is 0 Å². The molecule has 0 amide bonds. The Bertz CT molecular complexity index is 1400. The van der Waals surface area contributed by atoms with Crippen molar-refractivity contribution in [2.24, 2.45) is 0 Å². The topological polar surface area (TPSA) is 72.8 Å². The Hall–Kier alpha value is -3.88. The normalized spacial score (nSPS) is 12.1. The fourth-order valence-electron chi connectivity index (χ4n) is 5.40. The number of hydrogen-bond donors (Lipinski definition) is 1. The molecule has 0 saturated carbocycles. The van der Waals surface area contributed by atoms with E-state index in [9.17, 15) is 27.9 Å². The summed E-state index contributed by atoms with van der Waals surface area (Å²) in [4.78, 5) is 24.2. The van der Waals surface area contributed by atoms with Crippen molar-refractivity contribution in [2.75, 3.05) is 6.61 Å². The lowest BCUT2D eigenvalue weighted by Gasteiger charge is -2.20. The van der Waals surface area contributed by atoms with Gasteiger partial charge < -0.3 is 14.6 Å². The van der Waals surface area contributed by atoms with E-state index in [1.54, 1.807) is 36.4 Å². The molecular formula is C38H46F4O5. The van der Waals surface area contributed by atoms with Gasteiger partial charge in [-0.2, -0.15) is 13.2 Å². The predicted octanol–water partition coefficient (Wildman–Crippen LogP) is 11.4. The summed E-state index contributed by atoms with van der Waals surface area (Å²) < 4.78 is 66.7. The van der Waals surface area contributed by atoms with Gasteiger partial charge in [0.25, 0.3) is 0 Å². The molecule has 0 aliphatic heterocycles. The quantitative estimate of drug-likeness (QED) is 0.0743. The fraction of sp³-hybridized carbons (Fsp3) is 0.474. The molecule has 0 aliphatic rings. The van der Waals surface area contributed by atoms with E-state index in [0.717, 1.165) is 32.1 Å². The van der Waals surface area contributed by atoms with E-state index < -0.39 is 35.6 Å². The van der Waals surface area contributed by atoms with Gasteiger partial charge in [0.05, 0.1) is 23.3 Å². The van der Waals surface area contributed by atoms with Crippen LogP contribution >= 0.6 is 0 Å². The molecule has 0 spiro atoms. The maximum Gasteiger partial charge on any atom is 0.425 e. The molecule has 0 bridgehead atoms. The van der Waals surface area contributed by atoms with Gasteiger partial charge in [0, 0.05) is 0 Å². The molecule has 9 heteroatoms. The Labute approximate surface area is 275 Å². The van der Waals surface area contributed by atoms with Crippen LogP contribution in [0.1, 0.15) is 118 Å². The van der Waals surface area contributed by atoms with E-state index in [1.165, 1.54) is 56.4 Å². The number of carbonyl (C=O) groups excluding carboxylic acids is 1. The minimum atomic E-state index is -4.65. The van der Waals surface area contributed by atoms with Crippen LogP contribution in [0.3, 0.4) is 0 Å². The molecule has 0 aromatic heterocycles. The number of esters is 1. The zero-order chi connectivity index (χ0) is 34.2. The molecule has 0 heterocycles. The van der Waals surface area contributed by atoms with Crippen LogP contribution in [0.15, 0.2) is 60.7 Å². The molecule has 1 N–H and O–H groups in total. The van der Waals surface area contributed by atoms with Gasteiger partial charge in [-0.05, 0) is 60.2 Å². The highest BCUT2D eigenvalue weighted by Crippen LogP contribution is 2.36. The van der Waals surface area contributed by atoms with Crippen molar-refractivity contribution in [1.29, 1.82) is 0 Å². The summed E-state index contributed by atoms with van der Waals surface area (Å²) in [5.41, 5.74) is 1.40. The molecule has 3 rings (SSSR count). The zero-order valence-corrected chi connectivity index (χ0v) is 27.3. The minimum Gasteiger partial charge on any atom is -0.493 e. The minimum absolute atomic E-state index is 0.000909. The second kappa shape index (κ2) is 19.1. The van der Waals surface area contributed by atoms with E-state index in [0.29, 0.717) is 36.1 Å². The number of ether oxygens (including phenoxy) is 2. The Morgan fingerprint density at radius 2 is 1.21 bits per heavy atom. The molecule has 1 unspecified atom stereocenters. The number of carboxylic acids is 1. The number of benzene rings is 3. The van der Waals surface area contributed by atoms with E-state index in [-0.39, 0.29) is 23.3 Å². The molecule has 0 aliphatic carbocycles. The predicted molar refractivity (Wildman–Crippen MR) is 176 cm³/mol. The fourth-order valence-corrected chi connectivity index (χ4v) is 5.40. The first kappa shape index (κ1) is 37.6. The molecule has 5 nitrogen and oxygen atoms in total. The summed E-state index contributed by atoms with van der Waals surface area (Å²) >= 11 is 0. The lowest BCUT2D eigenvalue weighted by molar-refractivity contribution is -0.206. The summed E-state index contributed by atoms with van der Waals surface area (Å²) in [7, 11) is 0. The summed E-state index contributed by atoms with van der Waals surface area (Å²) in [6.45, 7) is 4.53. The first-order chi connectivity index (χ1) is 22.6. The maximum absolute atomic E-state index is 15.5. The van der Waals surface area contributed by atoms with Gasteiger partial charge in [0.15, 0.2) is 6.10 Å². The highest BCUT2D eigenvalue weighted by atomic mass is 19.4. The summed E-state index contributed by atoms with van der Waals surface area (Å²) in [5, 5.41) is 9.51. The van der Waals surface area contributed by atoms with Crippen LogP contribution in [0.2, 0.25) is 0 Å². The summed E-state index contributed by atoms with van der Waals surface area (Å²) in [5.74, 6) is -3.05. The second-order valence-electron chi connectivity index (χ2n) is 11.9. The van der Waals surface area contributed by atoms with Gasteiger partial charge in [0.2, 0.25) is 0 Å². The molecule has 256 valence electrons. The van der Waals surface area contributed by atoms with E-state index in [1.807, 2.05) is 6.92 Å². The van der Waals surface area contributed by atoms with Crippen LogP contribution in [-0.2, 0) is 4.74 Å². The molecule has 1 atom stereocenters. The first-order valence-electron chi connectivity index (χ1n) is 16.7. The average Bonchev–Trinajstić information content (AvgIpc) is 3.05. The van der Waals surface area contributed by atoms with Gasteiger partial charge in [-0.15, -0.1) is 0 Å². The average molecular weight is 659 g/mol. The van der Waals surface area contributed by atoms with Crippen molar-refractivity contribution in [2.45, 2.75) is 110 Å². The van der Waals surface area contributed by atoms with E-state index >= 15 is 4.39 Å². The van der Waals surface area contributed by atoms with Gasteiger partial charge in [0.1, 0.15) is 11.6 Å². The summed E-state index contributed by atoms with van der Waals surface area (Å²) in [6.07, 6.45) is 4.56. The Balaban J connectivity index is 1.69. The van der Waals surface area contributed by atoms with Crippen LogP contribution < -0.4 is 4.74 Å². The SMILES string of the molecule is CCCCCCCCCCOc1ccc(C(=O)O)c(F)c1-c1ccc(-c2ccc(C(=O)OC(CCCCCC)C(F)(F)F)cc2)cc1. The molecule has 3 aromatic carbocycles. The van der Waals surface area contributed by atoms with Crippen molar-refractivity contribution in [3.8, 4) is 28.0 Å². The number of rotatable bonds is 20. The van der Waals surface area contributed by atoms with E-state index in [2.05, 4.69) is 6.92 Å². The first-order valence-corrected chi connectivity index (χ1v) is 16.7. The highest BCUT2D eigenvalue weighted by molar-refractivity contribution is 5.92. The standard InChI is InChI=1S/C38H46F4O5/c1-3-5-7-9-10-11-12-14-26-46-32-25-24-31(36(43)44)35(39)34(32)29-20-16-27(17-21-29)28-18-22-30(23-19-28)37(45)47-33(38(40,41)42)15-13-8-6-4-2/h16-25,33H,3-15,26H2,1-2H3,(H,43,44). The monoisotopic (exact) mass is 658 g/mol. The van der Waals surface area contributed by atoms with Crippen LogP contribution in [0.5, 0.6) is 5.75 Å². The lowest BCUT2D eigenvalue weighted by atomic mass is 9.97. The number of aromatic carboxylic acids is 1. The largest absolute Gasteiger partial charge is 0.493 e. The number of alkyl halides is 3. The van der Waals surface area contributed by atoms with Crippen molar-refractivity contribution in [1.82, 2.24) is 0 Å².